The summed E-state index contributed by atoms with van der Waals surface area (Å²) in [5.41, 5.74) is 1.47. The van der Waals surface area contributed by atoms with Gasteiger partial charge in [-0.3, -0.25) is 0 Å². The normalized spacial score (nSPS) is 16.0. The Hall–Kier alpha value is -1.34. The van der Waals surface area contributed by atoms with Crippen molar-refractivity contribution in [2.45, 2.75) is 31.7 Å². The van der Waals surface area contributed by atoms with E-state index in [0.717, 1.165) is 19.0 Å². The number of hydrogen-bond acceptors (Lipinski definition) is 1. The van der Waals surface area contributed by atoms with Crippen LogP contribution in [0.4, 0.5) is 0 Å². The average molecular weight is 225 g/mol. The number of nitrogens with one attached hydrogen (secondary N) is 1. The van der Waals surface area contributed by atoms with E-state index >= 15 is 0 Å². The molecule has 2 aromatic carbocycles. The summed E-state index contributed by atoms with van der Waals surface area (Å²) in [6.45, 7) is 1.11. The molecule has 0 atom stereocenters. The van der Waals surface area contributed by atoms with E-state index in [2.05, 4.69) is 47.8 Å². The van der Waals surface area contributed by atoms with Crippen molar-refractivity contribution >= 4 is 10.8 Å². The molecule has 0 spiro atoms. The Morgan fingerprint density at radius 2 is 1.82 bits per heavy atom. The molecule has 0 aliphatic heterocycles. The largest absolute Gasteiger partial charge is 0.314 e. The lowest BCUT2D eigenvalue weighted by molar-refractivity contribution is 0.342. The van der Waals surface area contributed by atoms with Crippen LogP contribution in [0.3, 0.4) is 0 Å². The van der Waals surface area contributed by atoms with E-state index in [1.807, 2.05) is 0 Å². The molecule has 0 radical (unpaired) electrons. The molecule has 0 heterocycles. The molecule has 1 fully saturated rings. The highest BCUT2D eigenvalue weighted by Crippen LogP contribution is 2.20. The minimum absolute atomic E-state index is 0.796. The highest BCUT2D eigenvalue weighted by atomic mass is 14.9. The lowest BCUT2D eigenvalue weighted by atomic mass is 9.93. The van der Waals surface area contributed by atoms with Gasteiger partial charge in [-0.05, 0) is 42.1 Å². The van der Waals surface area contributed by atoms with Crippen molar-refractivity contribution in [3.8, 4) is 0 Å². The maximum atomic E-state index is 3.63. The van der Waals surface area contributed by atoms with E-state index in [-0.39, 0.29) is 0 Å². The molecule has 88 valence electrons. The highest BCUT2D eigenvalue weighted by Gasteiger charge is 2.15. The summed E-state index contributed by atoms with van der Waals surface area (Å²) < 4.78 is 0. The van der Waals surface area contributed by atoms with E-state index in [0.29, 0.717) is 0 Å². The minimum Gasteiger partial charge on any atom is -0.314 e. The fourth-order valence-corrected chi connectivity index (χ4v) is 2.53. The molecule has 1 aliphatic carbocycles. The van der Waals surface area contributed by atoms with Gasteiger partial charge >= 0.3 is 0 Å². The minimum atomic E-state index is 0.796. The van der Waals surface area contributed by atoms with Crippen LogP contribution in [-0.4, -0.2) is 12.6 Å². The maximum Gasteiger partial charge on any atom is 0.00672 e. The molecule has 1 N–H and O–H groups in total. The Labute approximate surface area is 103 Å². The Balaban J connectivity index is 1.71. The second-order valence-corrected chi connectivity index (χ2v) is 4.97. The Bertz CT molecular complexity index is 494. The van der Waals surface area contributed by atoms with Crippen molar-refractivity contribution in [3.63, 3.8) is 0 Å². The first-order valence-electron chi connectivity index (χ1n) is 6.63. The average Bonchev–Trinajstić information content (AvgIpc) is 2.32. The topological polar surface area (TPSA) is 12.0 Å². The van der Waals surface area contributed by atoms with Gasteiger partial charge in [0.1, 0.15) is 0 Å². The molecule has 1 saturated carbocycles. The molecule has 3 rings (SSSR count). The van der Waals surface area contributed by atoms with Crippen LogP contribution in [0.15, 0.2) is 42.5 Å². The first-order valence-corrected chi connectivity index (χ1v) is 6.63. The van der Waals surface area contributed by atoms with Crippen molar-refractivity contribution in [2.24, 2.45) is 0 Å². The summed E-state index contributed by atoms with van der Waals surface area (Å²) in [7, 11) is 0. The van der Waals surface area contributed by atoms with E-state index < -0.39 is 0 Å². The second-order valence-electron chi connectivity index (χ2n) is 4.97. The fourth-order valence-electron chi connectivity index (χ4n) is 2.53. The summed E-state index contributed by atoms with van der Waals surface area (Å²) in [6.07, 6.45) is 5.29. The molecule has 0 saturated heterocycles. The second kappa shape index (κ2) is 4.89. The summed E-state index contributed by atoms with van der Waals surface area (Å²) in [4.78, 5) is 0. The summed E-state index contributed by atoms with van der Waals surface area (Å²) in [6, 6.07) is 16.1. The smallest absolute Gasteiger partial charge is 0.00672 e. The number of fused-ring (bicyclic) bond motifs is 1. The highest BCUT2D eigenvalue weighted by molar-refractivity contribution is 5.85. The molecule has 1 nitrogen and oxygen atoms in total. The first-order chi connectivity index (χ1) is 8.43. The Morgan fingerprint density at radius 3 is 2.65 bits per heavy atom. The van der Waals surface area contributed by atoms with Crippen LogP contribution in [0, 0.1) is 0 Å². The van der Waals surface area contributed by atoms with Crippen molar-refractivity contribution < 1.29 is 0 Å². The number of rotatable bonds is 4. The summed E-state index contributed by atoms with van der Waals surface area (Å²) in [5.74, 6) is 0. The lowest BCUT2D eigenvalue weighted by Crippen LogP contribution is -2.36. The van der Waals surface area contributed by atoms with Crippen molar-refractivity contribution in [1.29, 1.82) is 0 Å². The first kappa shape index (κ1) is 10.8. The van der Waals surface area contributed by atoms with Gasteiger partial charge in [-0.1, -0.05) is 48.9 Å². The maximum absolute atomic E-state index is 3.63. The Morgan fingerprint density at radius 1 is 1.00 bits per heavy atom. The van der Waals surface area contributed by atoms with Gasteiger partial charge < -0.3 is 5.32 Å². The predicted octanol–water partition coefficient (Wildman–Crippen LogP) is 3.52. The predicted molar refractivity (Wildman–Crippen MR) is 73.3 cm³/mol. The van der Waals surface area contributed by atoms with Crippen LogP contribution in [-0.2, 0) is 6.42 Å². The van der Waals surface area contributed by atoms with Gasteiger partial charge in [-0.2, -0.15) is 0 Å². The summed E-state index contributed by atoms with van der Waals surface area (Å²) >= 11 is 0. The van der Waals surface area contributed by atoms with Crippen LogP contribution in [0.2, 0.25) is 0 Å². The van der Waals surface area contributed by atoms with Gasteiger partial charge in [0.2, 0.25) is 0 Å². The van der Waals surface area contributed by atoms with Crippen LogP contribution in [0.5, 0.6) is 0 Å². The molecule has 0 bridgehead atoms. The number of benzene rings is 2. The quantitative estimate of drug-likeness (QED) is 0.839. The van der Waals surface area contributed by atoms with Crippen LogP contribution in [0.25, 0.3) is 10.8 Å². The molecule has 1 heteroatoms. The molecule has 0 amide bonds. The van der Waals surface area contributed by atoms with Crippen molar-refractivity contribution in [3.05, 3.63) is 48.0 Å². The fraction of sp³-hybridized carbons (Fsp3) is 0.375. The molecule has 0 unspecified atom stereocenters. The van der Waals surface area contributed by atoms with Gasteiger partial charge in [0, 0.05) is 6.04 Å². The number of hydrogen-bond donors (Lipinski definition) is 1. The Kier molecular flexibility index (Phi) is 3.10. The van der Waals surface area contributed by atoms with Gasteiger partial charge in [0.05, 0.1) is 0 Å². The molecule has 2 aromatic rings. The monoisotopic (exact) mass is 225 g/mol. The van der Waals surface area contributed by atoms with Gasteiger partial charge in [0.15, 0.2) is 0 Å². The van der Waals surface area contributed by atoms with Crippen LogP contribution in [0.1, 0.15) is 24.8 Å². The molecule has 17 heavy (non-hydrogen) atoms. The molecule has 0 aromatic heterocycles. The van der Waals surface area contributed by atoms with Crippen molar-refractivity contribution in [1.82, 2.24) is 5.32 Å². The third-order valence-electron chi connectivity index (χ3n) is 3.81. The van der Waals surface area contributed by atoms with E-state index in [4.69, 9.17) is 0 Å². The third kappa shape index (κ3) is 2.34. The standard InChI is InChI=1S/C16H19N/c1-2-10-16-13(5-1)6-3-7-14(16)11-12-17-15-8-4-9-15/h1-3,5-7,10,15,17H,4,8-9,11-12H2. The zero-order valence-corrected chi connectivity index (χ0v) is 10.2. The van der Waals surface area contributed by atoms with Gasteiger partial charge in [0.25, 0.3) is 0 Å². The van der Waals surface area contributed by atoms with E-state index in [1.165, 1.54) is 35.6 Å². The third-order valence-corrected chi connectivity index (χ3v) is 3.81. The SMILES string of the molecule is c1ccc2c(CCNC3CCC3)cccc2c1. The zero-order chi connectivity index (χ0) is 11.5. The zero-order valence-electron chi connectivity index (χ0n) is 10.2. The lowest BCUT2D eigenvalue weighted by Gasteiger charge is -2.26. The molecular weight excluding hydrogens is 206 g/mol. The van der Waals surface area contributed by atoms with Gasteiger partial charge in [-0.15, -0.1) is 0 Å². The molecule has 1 aliphatic rings. The van der Waals surface area contributed by atoms with E-state index in [1.54, 1.807) is 0 Å². The molecular formula is C16H19N. The summed E-state index contributed by atoms with van der Waals surface area (Å²) in [5, 5.41) is 6.40. The van der Waals surface area contributed by atoms with Crippen molar-refractivity contribution in [2.75, 3.05) is 6.54 Å². The van der Waals surface area contributed by atoms with Gasteiger partial charge in [-0.25, -0.2) is 0 Å². The van der Waals surface area contributed by atoms with Crippen LogP contribution >= 0.6 is 0 Å². The van der Waals surface area contributed by atoms with E-state index in [9.17, 15) is 0 Å². The van der Waals surface area contributed by atoms with Crippen LogP contribution < -0.4 is 5.32 Å².